The fraction of sp³-hybridized carbons (Fsp3) is 0.250. The molecule has 0 atom stereocenters. The number of halogens is 1. The highest BCUT2D eigenvalue weighted by Gasteiger charge is 2.11. The largest absolute Gasteiger partial charge is 0.345 e. The van der Waals surface area contributed by atoms with E-state index in [-0.39, 0.29) is 5.91 Å². The van der Waals surface area contributed by atoms with Gasteiger partial charge in [0.25, 0.3) is 5.91 Å². The zero-order valence-electron chi connectivity index (χ0n) is 9.12. The Morgan fingerprint density at radius 2 is 2.07 bits per heavy atom. The van der Waals surface area contributed by atoms with Gasteiger partial charge in [-0.25, -0.2) is 0 Å². The second-order valence-corrected chi connectivity index (χ2v) is 3.87. The van der Waals surface area contributed by atoms with Crippen LogP contribution >= 0.6 is 11.6 Å². The van der Waals surface area contributed by atoms with Crippen molar-refractivity contribution >= 4 is 23.6 Å². The van der Waals surface area contributed by atoms with Crippen LogP contribution in [0.5, 0.6) is 0 Å². The van der Waals surface area contributed by atoms with Crippen molar-refractivity contribution in [3.05, 3.63) is 40.4 Å². The molecule has 0 aliphatic carbocycles. The van der Waals surface area contributed by atoms with Gasteiger partial charge in [0.15, 0.2) is 0 Å². The first-order valence-electron chi connectivity index (χ1n) is 4.70. The summed E-state index contributed by atoms with van der Waals surface area (Å²) in [6, 6.07) is 5.27. The predicted octanol–water partition coefficient (Wildman–Crippen LogP) is 3.07. The Hall–Kier alpha value is -1.28. The van der Waals surface area contributed by atoms with Gasteiger partial charge in [-0.15, -0.1) is 0 Å². The van der Waals surface area contributed by atoms with Gasteiger partial charge in [0, 0.05) is 24.7 Å². The fourth-order valence-corrected chi connectivity index (χ4v) is 1.47. The van der Waals surface area contributed by atoms with Crippen molar-refractivity contribution in [1.82, 2.24) is 4.90 Å². The van der Waals surface area contributed by atoms with E-state index >= 15 is 0 Å². The van der Waals surface area contributed by atoms with Crippen LogP contribution in [0.1, 0.15) is 22.8 Å². The van der Waals surface area contributed by atoms with Gasteiger partial charge >= 0.3 is 0 Å². The van der Waals surface area contributed by atoms with Crippen LogP contribution in [-0.2, 0) is 0 Å². The maximum absolute atomic E-state index is 11.8. The van der Waals surface area contributed by atoms with Crippen LogP contribution in [0.15, 0.2) is 24.3 Å². The summed E-state index contributed by atoms with van der Waals surface area (Å²) in [5.41, 5.74) is 1.52. The van der Waals surface area contributed by atoms with Crippen LogP contribution in [0.25, 0.3) is 6.08 Å². The Morgan fingerprint density at radius 1 is 1.40 bits per heavy atom. The number of hydrogen-bond acceptors (Lipinski definition) is 1. The van der Waals surface area contributed by atoms with Gasteiger partial charge in [-0.05, 0) is 30.7 Å². The molecule has 3 heteroatoms. The molecule has 0 N–H and O–H groups in total. The molecule has 0 spiro atoms. The Balaban J connectivity index is 3.22. The quantitative estimate of drug-likeness (QED) is 0.755. The summed E-state index contributed by atoms with van der Waals surface area (Å²) in [4.78, 5) is 13.4. The van der Waals surface area contributed by atoms with E-state index in [0.29, 0.717) is 10.6 Å². The van der Waals surface area contributed by atoms with Gasteiger partial charge in [-0.2, -0.15) is 0 Å². The van der Waals surface area contributed by atoms with E-state index in [2.05, 4.69) is 0 Å². The monoisotopic (exact) mass is 223 g/mol. The van der Waals surface area contributed by atoms with Crippen molar-refractivity contribution in [2.45, 2.75) is 6.92 Å². The molecule has 0 radical (unpaired) electrons. The third kappa shape index (κ3) is 2.83. The summed E-state index contributed by atoms with van der Waals surface area (Å²) in [5.74, 6) is -0.0141. The van der Waals surface area contributed by atoms with Crippen LogP contribution < -0.4 is 0 Å². The Morgan fingerprint density at radius 3 is 2.60 bits per heavy atom. The second-order valence-electron chi connectivity index (χ2n) is 3.43. The third-order valence-electron chi connectivity index (χ3n) is 2.00. The number of carbonyl (C=O) groups is 1. The predicted molar refractivity (Wildman–Crippen MR) is 64.2 cm³/mol. The normalized spacial score (nSPS) is 10.7. The highest BCUT2D eigenvalue weighted by atomic mass is 35.5. The third-order valence-corrected chi connectivity index (χ3v) is 2.23. The maximum Gasteiger partial charge on any atom is 0.253 e. The van der Waals surface area contributed by atoms with Crippen molar-refractivity contribution in [2.75, 3.05) is 14.1 Å². The number of hydrogen-bond donors (Lipinski definition) is 0. The van der Waals surface area contributed by atoms with Crippen molar-refractivity contribution in [3.63, 3.8) is 0 Å². The van der Waals surface area contributed by atoms with Gasteiger partial charge in [0.05, 0.1) is 0 Å². The first kappa shape index (κ1) is 11.8. The van der Waals surface area contributed by atoms with Crippen molar-refractivity contribution in [1.29, 1.82) is 0 Å². The van der Waals surface area contributed by atoms with Crippen molar-refractivity contribution < 1.29 is 4.79 Å². The van der Waals surface area contributed by atoms with Crippen LogP contribution in [0, 0.1) is 0 Å². The Kier molecular flexibility index (Phi) is 3.92. The smallest absolute Gasteiger partial charge is 0.253 e. The average Bonchev–Trinajstić information content (AvgIpc) is 2.17. The molecule has 1 aromatic rings. The van der Waals surface area contributed by atoms with Crippen LogP contribution in [0.4, 0.5) is 0 Å². The lowest BCUT2D eigenvalue weighted by molar-refractivity contribution is 0.0827. The van der Waals surface area contributed by atoms with Gasteiger partial charge < -0.3 is 4.90 Å². The fourth-order valence-electron chi connectivity index (χ4n) is 1.29. The molecule has 0 bridgehead atoms. The highest BCUT2D eigenvalue weighted by Crippen LogP contribution is 2.18. The SMILES string of the molecule is C/C=C/c1cc(Cl)ccc1C(=O)N(C)C. The van der Waals surface area contributed by atoms with Gasteiger partial charge in [-0.3, -0.25) is 4.79 Å². The molecule has 1 rings (SSSR count). The average molecular weight is 224 g/mol. The molecule has 0 fully saturated rings. The molecule has 0 aromatic heterocycles. The molecule has 0 aliphatic heterocycles. The molecule has 2 nitrogen and oxygen atoms in total. The molecule has 0 unspecified atom stereocenters. The van der Waals surface area contributed by atoms with E-state index in [1.165, 1.54) is 0 Å². The molecule has 15 heavy (non-hydrogen) atoms. The molecule has 80 valence electrons. The molecule has 0 aliphatic rings. The summed E-state index contributed by atoms with van der Waals surface area (Å²) >= 11 is 5.88. The van der Waals surface area contributed by atoms with Crippen molar-refractivity contribution in [2.24, 2.45) is 0 Å². The van der Waals surface area contributed by atoms with E-state index in [0.717, 1.165) is 5.56 Å². The summed E-state index contributed by atoms with van der Waals surface area (Å²) in [5, 5.41) is 0.637. The topological polar surface area (TPSA) is 20.3 Å². The lowest BCUT2D eigenvalue weighted by Gasteiger charge is -2.12. The van der Waals surface area contributed by atoms with Crippen LogP contribution in [0.3, 0.4) is 0 Å². The van der Waals surface area contributed by atoms with Crippen LogP contribution in [-0.4, -0.2) is 24.9 Å². The van der Waals surface area contributed by atoms with E-state index in [1.54, 1.807) is 37.2 Å². The van der Waals surface area contributed by atoms with E-state index in [1.807, 2.05) is 19.1 Å². The summed E-state index contributed by atoms with van der Waals surface area (Å²) in [7, 11) is 3.47. The molecule has 1 amide bonds. The lowest BCUT2D eigenvalue weighted by atomic mass is 10.1. The maximum atomic E-state index is 11.8. The zero-order valence-corrected chi connectivity index (χ0v) is 9.88. The van der Waals surface area contributed by atoms with Crippen molar-refractivity contribution in [3.8, 4) is 0 Å². The van der Waals surface area contributed by atoms with Gasteiger partial charge in [-0.1, -0.05) is 23.8 Å². The van der Waals surface area contributed by atoms with E-state index in [4.69, 9.17) is 11.6 Å². The number of allylic oxidation sites excluding steroid dienone is 1. The first-order chi connectivity index (χ1) is 7.06. The second kappa shape index (κ2) is 4.99. The summed E-state index contributed by atoms with van der Waals surface area (Å²) in [6.45, 7) is 1.91. The minimum absolute atomic E-state index is 0.0141. The number of carbonyl (C=O) groups excluding carboxylic acids is 1. The number of amides is 1. The van der Waals surface area contributed by atoms with Gasteiger partial charge in [0.2, 0.25) is 0 Å². The highest BCUT2D eigenvalue weighted by molar-refractivity contribution is 6.30. The molecular weight excluding hydrogens is 210 g/mol. The molecule has 0 saturated carbocycles. The Bertz CT molecular complexity index is 397. The molecular formula is C12H14ClNO. The summed E-state index contributed by atoms with van der Waals surface area (Å²) in [6.07, 6.45) is 3.76. The molecule has 0 heterocycles. The minimum Gasteiger partial charge on any atom is -0.345 e. The standard InChI is InChI=1S/C12H14ClNO/c1-4-5-9-8-10(13)6-7-11(9)12(15)14(2)3/h4-8H,1-3H3/b5-4+. The summed E-state index contributed by atoms with van der Waals surface area (Å²) < 4.78 is 0. The zero-order chi connectivity index (χ0) is 11.4. The Labute approximate surface area is 95.2 Å². The van der Waals surface area contributed by atoms with E-state index in [9.17, 15) is 4.79 Å². The van der Waals surface area contributed by atoms with Crippen LogP contribution in [0.2, 0.25) is 5.02 Å². The first-order valence-corrected chi connectivity index (χ1v) is 5.08. The van der Waals surface area contributed by atoms with E-state index < -0.39 is 0 Å². The molecule has 1 aromatic carbocycles. The van der Waals surface area contributed by atoms with Gasteiger partial charge in [0.1, 0.15) is 0 Å². The minimum atomic E-state index is -0.0141. The number of benzene rings is 1. The number of nitrogens with zero attached hydrogens (tertiary/aromatic N) is 1. The lowest BCUT2D eigenvalue weighted by Crippen LogP contribution is -2.22. The number of rotatable bonds is 2. The molecule has 0 saturated heterocycles.